The molecule has 0 aliphatic carbocycles. The molecule has 3 rings (SSSR count). The van der Waals surface area contributed by atoms with Crippen LogP contribution in [0.15, 0.2) is 43.1 Å². The molecule has 2 heterocycles. The zero-order valence-electron chi connectivity index (χ0n) is 13.1. The first-order valence-corrected chi connectivity index (χ1v) is 8.03. The van der Waals surface area contributed by atoms with Gasteiger partial charge in [0.15, 0.2) is 0 Å². The minimum atomic E-state index is 0.0916. The maximum absolute atomic E-state index is 12.0. The van der Waals surface area contributed by atoms with Crippen LogP contribution in [0.2, 0.25) is 0 Å². The van der Waals surface area contributed by atoms with Crippen LogP contribution < -0.4 is 4.74 Å². The third-order valence-electron chi connectivity index (χ3n) is 4.07. The number of carbonyl (C=O) groups is 1. The van der Waals surface area contributed by atoms with Crippen molar-refractivity contribution in [1.82, 2.24) is 14.9 Å². The summed E-state index contributed by atoms with van der Waals surface area (Å²) in [6.07, 6.45) is 6.49. The first-order chi connectivity index (χ1) is 11.3. The van der Waals surface area contributed by atoms with Crippen LogP contribution in [-0.2, 0) is 4.79 Å². The largest absolute Gasteiger partial charge is 0.473 e. The van der Waals surface area contributed by atoms with E-state index in [1.54, 1.807) is 12.3 Å². The molecule has 1 fully saturated rings. The van der Waals surface area contributed by atoms with Crippen LogP contribution in [0.3, 0.4) is 0 Å². The van der Waals surface area contributed by atoms with Crippen LogP contribution in [-0.4, -0.2) is 40.0 Å². The second-order valence-electron chi connectivity index (χ2n) is 5.72. The number of para-hydroxylation sites is 2. The van der Waals surface area contributed by atoms with Crippen molar-refractivity contribution in [3.05, 3.63) is 43.1 Å². The van der Waals surface area contributed by atoms with E-state index < -0.39 is 0 Å². The van der Waals surface area contributed by atoms with Crippen LogP contribution in [0.5, 0.6) is 5.88 Å². The lowest BCUT2D eigenvalue weighted by molar-refractivity contribution is -0.132. The van der Waals surface area contributed by atoms with Gasteiger partial charge in [0, 0.05) is 32.4 Å². The Morgan fingerprint density at radius 3 is 2.78 bits per heavy atom. The van der Waals surface area contributed by atoms with E-state index in [-0.39, 0.29) is 12.0 Å². The van der Waals surface area contributed by atoms with Gasteiger partial charge >= 0.3 is 0 Å². The molecule has 1 saturated heterocycles. The Bertz CT molecular complexity index is 693. The maximum atomic E-state index is 12.0. The van der Waals surface area contributed by atoms with Gasteiger partial charge < -0.3 is 9.64 Å². The molecule has 5 nitrogen and oxygen atoms in total. The molecule has 1 aliphatic heterocycles. The predicted octanol–water partition coefficient (Wildman–Crippen LogP) is 2.97. The summed E-state index contributed by atoms with van der Waals surface area (Å²) in [6, 6.07) is 7.74. The number of rotatable bonds is 5. The van der Waals surface area contributed by atoms with Crippen LogP contribution in [0, 0.1) is 0 Å². The van der Waals surface area contributed by atoms with E-state index in [4.69, 9.17) is 4.74 Å². The molecule has 0 bridgehead atoms. The third-order valence-corrected chi connectivity index (χ3v) is 4.07. The summed E-state index contributed by atoms with van der Waals surface area (Å²) in [5, 5.41) is 0. The minimum absolute atomic E-state index is 0.0916. The van der Waals surface area contributed by atoms with Crippen LogP contribution >= 0.6 is 0 Å². The number of benzene rings is 1. The monoisotopic (exact) mass is 311 g/mol. The van der Waals surface area contributed by atoms with Crippen molar-refractivity contribution in [3.63, 3.8) is 0 Å². The van der Waals surface area contributed by atoms with E-state index in [2.05, 4.69) is 16.5 Å². The fourth-order valence-corrected chi connectivity index (χ4v) is 2.77. The van der Waals surface area contributed by atoms with Crippen LogP contribution in [0.4, 0.5) is 0 Å². The fourth-order valence-electron chi connectivity index (χ4n) is 2.77. The summed E-state index contributed by atoms with van der Waals surface area (Å²) in [4.78, 5) is 22.7. The van der Waals surface area contributed by atoms with Gasteiger partial charge in [0.05, 0.1) is 17.2 Å². The summed E-state index contributed by atoms with van der Waals surface area (Å²) < 4.78 is 5.94. The number of hydrogen-bond acceptors (Lipinski definition) is 4. The Hall–Kier alpha value is -2.43. The summed E-state index contributed by atoms with van der Waals surface area (Å²) in [5.41, 5.74) is 1.70. The SMILES string of the molecule is C=CCCC(=O)N1CCC(Oc2cnc3ccccc3n2)CC1. The first kappa shape index (κ1) is 15.5. The highest BCUT2D eigenvalue weighted by molar-refractivity contribution is 5.76. The number of allylic oxidation sites excluding steroid dienone is 1. The molecule has 0 radical (unpaired) electrons. The van der Waals surface area contributed by atoms with Gasteiger partial charge in [0.25, 0.3) is 0 Å². The van der Waals surface area contributed by atoms with Crippen molar-refractivity contribution in [2.75, 3.05) is 13.1 Å². The van der Waals surface area contributed by atoms with Gasteiger partial charge in [-0.25, -0.2) is 9.97 Å². The van der Waals surface area contributed by atoms with Crippen molar-refractivity contribution in [2.45, 2.75) is 31.8 Å². The second-order valence-corrected chi connectivity index (χ2v) is 5.72. The molecule has 0 N–H and O–H groups in total. The van der Waals surface area contributed by atoms with E-state index in [1.807, 2.05) is 29.2 Å². The Kier molecular flexibility index (Phi) is 4.86. The number of piperidine rings is 1. The van der Waals surface area contributed by atoms with Crippen molar-refractivity contribution >= 4 is 16.9 Å². The fraction of sp³-hybridized carbons (Fsp3) is 0.389. The quantitative estimate of drug-likeness (QED) is 0.797. The van der Waals surface area contributed by atoms with E-state index >= 15 is 0 Å². The van der Waals surface area contributed by atoms with Gasteiger partial charge in [-0.15, -0.1) is 6.58 Å². The average Bonchev–Trinajstić information content (AvgIpc) is 2.60. The standard InChI is InChI=1S/C18H21N3O2/c1-2-3-8-18(22)21-11-9-14(10-12-21)23-17-13-19-15-6-4-5-7-16(15)20-17/h2,4-7,13-14H,1,3,8-12H2. The molecule has 23 heavy (non-hydrogen) atoms. The molecule has 0 atom stereocenters. The topological polar surface area (TPSA) is 55.3 Å². The zero-order chi connectivity index (χ0) is 16.1. The predicted molar refractivity (Wildman–Crippen MR) is 89.2 cm³/mol. The number of aromatic nitrogens is 2. The zero-order valence-corrected chi connectivity index (χ0v) is 13.1. The smallest absolute Gasteiger partial charge is 0.233 e. The lowest BCUT2D eigenvalue weighted by Crippen LogP contribution is -2.41. The third kappa shape index (κ3) is 3.86. The van der Waals surface area contributed by atoms with E-state index in [0.29, 0.717) is 12.3 Å². The highest BCUT2D eigenvalue weighted by atomic mass is 16.5. The number of likely N-dealkylation sites (tertiary alicyclic amines) is 1. The summed E-state index contributed by atoms with van der Waals surface area (Å²) in [7, 11) is 0. The van der Waals surface area contributed by atoms with Gasteiger partial charge in [0.2, 0.25) is 11.8 Å². The number of nitrogens with zero attached hydrogens (tertiary/aromatic N) is 3. The number of ether oxygens (including phenoxy) is 1. The number of fused-ring (bicyclic) bond motifs is 1. The molecule has 0 spiro atoms. The lowest BCUT2D eigenvalue weighted by Gasteiger charge is -2.31. The molecular formula is C18H21N3O2. The highest BCUT2D eigenvalue weighted by Gasteiger charge is 2.23. The average molecular weight is 311 g/mol. The molecule has 1 aliphatic rings. The molecule has 1 aromatic carbocycles. The van der Waals surface area contributed by atoms with Crippen molar-refractivity contribution in [3.8, 4) is 5.88 Å². The number of hydrogen-bond donors (Lipinski definition) is 0. The van der Waals surface area contributed by atoms with E-state index in [9.17, 15) is 4.79 Å². The van der Waals surface area contributed by atoms with E-state index in [1.165, 1.54) is 0 Å². The lowest BCUT2D eigenvalue weighted by atomic mass is 10.1. The Balaban J connectivity index is 1.55. The molecule has 0 saturated carbocycles. The summed E-state index contributed by atoms with van der Waals surface area (Å²) in [6.45, 7) is 5.13. The van der Waals surface area contributed by atoms with Crippen molar-refractivity contribution in [2.24, 2.45) is 0 Å². The van der Waals surface area contributed by atoms with Gasteiger partial charge in [-0.05, 0) is 18.6 Å². The first-order valence-electron chi connectivity index (χ1n) is 8.03. The van der Waals surface area contributed by atoms with Crippen LogP contribution in [0.25, 0.3) is 11.0 Å². The normalized spacial score (nSPS) is 15.6. The minimum Gasteiger partial charge on any atom is -0.473 e. The van der Waals surface area contributed by atoms with Gasteiger partial charge in [-0.3, -0.25) is 4.79 Å². The molecule has 1 amide bonds. The highest BCUT2D eigenvalue weighted by Crippen LogP contribution is 2.19. The second kappa shape index (κ2) is 7.22. The molecule has 1 aromatic heterocycles. The number of amides is 1. The maximum Gasteiger partial charge on any atom is 0.233 e. The van der Waals surface area contributed by atoms with Crippen LogP contribution in [0.1, 0.15) is 25.7 Å². The molecule has 120 valence electrons. The van der Waals surface area contributed by atoms with Crippen molar-refractivity contribution in [1.29, 1.82) is 0 Å². The summed E-state index contributed by atoms with van der Waals surface area (Å²) >= 11 is 0. The number of carbonyl (C=O) groups excluding carboxylic acids is 1. The molecule has 5 heteroatoms. The Labute approximate surface area is 136 Å². The Morgan fingerprint density at radius 1 is 1.30 bits per heavy atom. The Morgan fingerprint density at radius 2 is 2.04 bits per heavy atom. The molecular weight excluding hydrogens is 290 g/mol. The molecule has 0 unspecified atom stereocenters. The summed E-state index contributed by atoms with van der Waals surface area (Å²) in [5.74, 6) is 0.758. The van der Waals surface area contributed by atoms with Gasteiger partial charge in [-0.2, -0.15) is 0 Å². The van der Waals surface area contributed by atoms with Gasteiger partial charge in [-0.1, -0.05) is 18.2 Å². The molecule has 2 aromatic rings. The van der Waals surface area contributed by atoms with E-state index in [0.717, 1.165) is 43.4 Å². The van der Waals surface area contributed by atoms with Crippen molar-refractivity contribution < 1.29 is 9.53 Å². The van der Waals surface area contributed by atoms with Gasteiger partial charge in [0.1, 0.15) is 6.10 Å².